The summed E-state index contributed by atoms with van der Waals surface area (Å²) in [6.45, 7) is 5.65. The summed E-state index contributed by atoms with van der Waals surface area (Å²) in [5.41, 5.74) is 2.04. The third-order valence-electron chi connectivity index (χ3n) is 4.48. The van der Waals surface area contributed by atoms with E-state index in [2.05, 4.69) is 29.6 Å². The average molecular weight is 328 g/mol. The molecule has 6 nitrogen and oxygen atoms in total. The zero-order valence-electron chi connectivity index (χ0n) is 14.2. The molecule has 1 aliphatic heterocycles. The molecule has 1 aromatic carbocycles. The Balaban J connectivity index is 1.44. The van der Waals surface area contributed by atoms with Crippen LogP contribution in [0.4, 0.5) is 5.69 Å². The first-order valence-electron chi connectivity index (χ1n) is 8.41. The van der Waals surface area contributed by atoms with Crippen LogP contribution in [0.15, 0.2) is 36.7 Å². The van der Waals surface area contributed by atoms with Crippen molar-refractivity contribution < 1.29 is 9.53 Å². The van der Waals surface area contributed by atoms with Gasteiger partial charge in [0.15, 0.2) is 0 Å². The molecular formula is C18H24N4O2. The van der Waals surface area contributed by atoms with Gasteiger partial charge in [-0.05, 0) is 50.1 Å². The number of rotatable bonds is 7. The van der Waals surface area contributed by atoms with Crippen LogP contribution in [-0.2, 0) is 11.2 Å². The lowest BCUT2D eigenvalue weighted by Crippen LogP contribution is -2.36. The van der Waals surface area contributed by atoms with Gasteiger partial charge in [-0.1, -0.05) is 0 Å². The number of aromatic nitrogens is 2. The Hall–Kier alpha value is -2.34. The van der Waals surface area contributed by atoms with Gasteiger partial charge in [0, 0.05) is 37.1 Å². The molecule has 3 rings (SSSR count). The molecule has 2 aromatic rings. The van der Waals surface area contributed by atoms with Crippen LogP contribution in [0.25, 0.3) is 0 Å². The molecule has 2 N–H and O–H groups in total. The third kappa shape index (κ3) is 3.94. The minimum atomic E-state index is 0.0839. The number of carbonyl (C=O) groups is 1. The van der Waals surface area contributed by atoms with Crippen molar-refractivity contribution in [3.8, 4) is 5.75 Å². The normalized spacial score (nSPS) is 16.2. The van der Waals surface area contributed by atoms with E-state index in [4.69, 9.17) is 4.74 Å². The van der Waals surface area contributed by atoms with E-state index >= 15 is 0 Å². The number of aryl methyl sites for hydroxylation is 1. The van der Waals surface area contributed by atoms with Crippen molar-refractivity contribution in [2.75, 3.05) is 18.5 Å². The molecular weight excluding hydrogens is 304 g/mol. The second-order valence-corrected chi connectivity index (χ2v) is 6.19. The average Bonchev–Trinajstić information content (AvgIpc) is 3.12. The van der Waals surface area contributed by atoms with Crippen LogP contribution in [0.2, 0.25) is 0 Å². The molecule has 0 saturated carbocycles. The number of hydrogen-bond donors (Lipinski definition) is 2. The number of benzene rings is 1. The Morgan fingerprint density at radius 1 is 1.38 bits per heavy atom. The Morgan fingerprint density at radius 3 is 3.04 bits per heavy atom. The van der Waals surface area contributed by atoms with E-state index in [1.807, 2.05) is 35.1 Å². The lowest BCUT2D eigenvalue weighted by atomic mass is 10.0. The first kappa shape index (κ1) is 16.5. The maximum Gasteiger partial charge on any atom is 0.224 e. The highest BCUT2D eigenvalue weighted by Gasteiger charge is 2.15. The van der Waals surface area contributed by atoms with Crippen LogP contribution in [0, 0.1) is 0 Å². The second kappa shape index (κ2) is 7.49. The summed E-state index contributed by atoms with van der Waals surface area (Å²) >= 11 is 0. The molecule has 6 heteroatoms. The third-order valence-corrected chi connectivity index (χ3v) is 4.48. The fourth-order valence-electron chi connectivity index (χ4n) is 2.83. The number of carbonyl (C=O) groups excluding carboxylic acids is 1. The van der Waals surface area contributed by atoms with Gasteiger partial charge in [-0.15, -0.1) is 0 Å². The van der Waals surface area contributed by atoms with Gasteiger partial charge in [0.25, 0.3) is 0 Å². The van der Waals surface area contributed by atoms with Gasteiger partial charge in [-0.2, -0.15) is 5.10 Å². The summed E-state index contributed by atoms with van der Waals surface area (Å²) in [5.74, 6) is 0.931. The molecule has 0 radical (unpaired) electrons. The van der Waals surface area contributed by atoms with Crippen LogP contribution in [0.1, 0.15) is 31.9 Å². The number of hydrogen-bond acceptors (Lipinski definition) is 4. The SMILES string of the molecule is C[C@H]([C@@H](C)NCCOc1ccc2c(c1)CCC(=O)N2)n1cccn1. The number of amides is 1. The van der Waals surface area contributed by atoms with E-state index in [1.54, 1.807) is 6.20 Å². The molecule has 1 aromatic heterocycles. The van der Waals surface area contributed by atoms with Crippen LogP contribution >= 0.6 is 0 Å². The Labute approximate surface area is 142 Å². The Bertz CT molecular complexity index is 684. The molecule has 2 atom stereocenters. The summed E-state index contributed by atoms with van der Waals surface area (Å²) in [6, 6.07) is 8.35. The zero-order valence-corrected chi connectivity index (χ0v) is 14.2. The Morgan fingerprint density at radius 2 is 2.25 bits per heavy atom. The molecule has 1 aliphatic rings. The van der Waals surface area contributed by atoms with Gasteiger partial charge < -0.3 is 15.4 Å². The predicted octanol–water partition coefficient (Wildman–Crippen LogP) is 2.39. The standard InChI is InChI=1S/C18H24N4O2/c1-13(14(2)22-10-3-8-20-22)19-9-11-24-16-5-6-17-15(12-16)4-7-18(23)21-17/h3,5-6,8,10,12-14,19H,4,7,9,11H2,1-2H3,(H,21,23)/t13-,14-/m1/s1. The van der Waals surface area contributed by atoms with E-state index in [0.717, 1.165) is 30.0 Å². The lowest BCUT2D eigenvalue weighted by Gasteiger charge is -2.22. The molecule has 2 heterocycles. The van der Waals surface area contributed by atoms with Gasteiger partial charge >= 0.3 is 0 Å². The molecule has 0 unspecified atom stereocenters. The predicted molar refractivity (Wildman–Crippen MR) is 93.3 cm³/mol. The van der Waals surface area contributed by atoms with E-state index in [0.29, 0.717) is 19.1 Å². The maximum absolute atomic E-state index is 11.4. The number of nitrogens with zero attached hydrogens (tertiary/aromatic N) is 2. The second-order valence-electron chi connectivity index (χ2n) is 6.19. The monoisotopic (exact) mass is 328 g/mol. The van der Waals surface area contributed by atoms with Gasteiger partial charge in [-0.3, -0.25) is 9.48 Å². The summed E-state index contributed by atoms with van der Waals surface area (Å²) < 4.78 is 7.78. The first-order valence-corrected chi connectivity index (χ1v) is 8.41. The zero-order chi connectivity index (χ0) is 16.9. The van der Waals surface area contributed by atoms with Gasteiger partial charge in [-0.25, -0.2) is 0 Å². The van der Waals surface area contributed by atoms with Crippen LogP contribution < -0.4 is 15.4 Å². The van der Waals surface area contributed by atoms with Crippen molar-refractivity contribution in [3.63, 3.8) is 0 Å². The van der Waals surface area contributed by atoms with Crippen molar-refractivity contribution >= 4 is 11.6 Å². The molecule has 0 aliphatic carbocycles. The summed E-state index contributed by atoms with van der Waals surface area (Å²) in [7, 11) is 0. The molecule has 1 amide bonds. The van der Waals surface area contributed by atoms with E-state index in [9.17, 15) is 4.79 Å². The molecule has 0 saturated heterocycles. The number of fused-ring (bicyclic) bond motifs is 1. The number of nitrogens with one attached hydrogen (secondary N) is 2. The number of ether oxygens (including phenoxy) is 1. The van der Waals surface area contributed by atoms with Gasteiger partial charge in [0.05, 0.1) is 6.04 Å². The highest BCUT2D eigenvalue weighted by atomic mass is 16.5. The smallest absolute Gasteiger partial charge is 0.224 e. The largest absolute Gasteiger partial charge is 0.492 e. The van der Waals surface area contributed by atoms with Crippen molar-refractivity contribution in [3.05, 3.63) is 42.2 Å². The quantitative estimate of drug-likeness (QED) is 0.766. The highest BCUT2D eigenvalue weighted by Crippen LogP contribution is 2.26. The molecule has 24 heavy (non-hydrogen) atoms. The summed E-state index contributed by atoms with van der Waals surface area (Å²) in [5, 5.41) is 10.6. The van der Waals surface area contributed by atoms with E-state index in [1.165, 1.54) is 0 Å². The van der Waals surface area contributed by atoms with Crippen LogP contribution in [0.3, 0.4) is 0 Å². The van der Waals surface area contributed by atoms with Crippen molar-refractivity contribution in [2.24, 2.45) is 0 Å². The molecule has 128 valence electrons. The maximum atomic E-state index is 11.4. The molecule has 0 spiro atoms. The highest BCUT2D eigenvalue weighted by molar-refractivity contribution is 5.93. The fourth-order valence-corrected chi connectivity index (χ4v) is 2.83. The van der Waals surface area contributed by atoms with E-state index < -0.39 is 0 Å². The van der Waals surface area contributed by atoms with Gasteiger partial charge in [0.1, 0.15) is 12.4 Å². The van der Waals surface area contributed by atoms with Crippen molar-refractivity contribution in [2.45, 2.75) is 38.8 Å². The minimum Gasteiger partial charge on any atom is -0.492 e. The first-order chi connectivity index (χ1) is 11.6. The topological polar surface area (TPSA) is 68.2 Å². The summed E-state index contributed by atoms with van der Waals surface area (Å²) in [4.78, 5) is 11.4. The van der Waals surface area contributed by atoms with Gasteiger partial charge in [0.2, 0.25) is 5.91 Å². The number of anilines is 1. The molecule has 0 bridgehead atoms. The summed E-state index contributed by atoms with van der Waals surface area (Å²) in [6.07, 6.45) is 5.09. The Kier molecular flexibility index (Phi) is 5.15. The minimum absolute atomic E-state index is 0.0839. The van der Waals surface area contributed by atoms with E-state index in [-0.39, 0.29) is 11.9 Å². The lowest BCUT2D eigenvalue weighted by molar-refractivity contribution is -0.116. The molecule has 0 fully saturated rings. The fraction of sp³-hybridized carbons (Fsp3) is 0.444. The van der Waals surface area contributed by atoms with Crippen LogP contribution in [0.5, 0.6) is 5.75 Å². The van der Waals surface area contributed by atoms with Crippen molar-refractivity contribution in [1.82, 2.24) is 15.1 Å². The van der Waals surface area contributed by atoms with Crippen LogP contribution in [-0.4, -0.2) is 34.9 Å². The van der Waals surface area contributed by atoms with Crippen molar-refractivity contribution in [1.29, 1.82) is 0 Å².